The third-order valence-electron chi connectivity index (χ3n) is 3.70. The van der Waals surface area contributed by atoms with Crippen LogP contribution in [0, 0.1) is 5.41 Å². The van der Waals surface area contributed by atoms with Crippen molar-refractivity contribution in [1.82, 2.24) is 10.3 Å². The molecule has 0 atom stereocenters. The molecule has 1 heterocycles. The van der Waals surface area contributed by atoms with Gasteiger partial charge in [-0.25, -0.2) is 4.98 Å². The maximum atomic E-state index is 11.8. The Balaban J connectivity index is 1.73. The van der Waals surface area contributed by atoms with Crippen molar-refractivity contribution in [2.75, 3.05) is 13.2 Å². The quantitative estimate of drug-likeness (QED) is 0.715. The Morgan fingerprint density at radius 3 is 2.42 bits per heavy atom. The smallest absolute Gasteiger partial charge is 0.309 e. The minimum absolute atomic E-state index is 0.145. The van der Waals surface area contributed by atoms with Gasteiger partial charge in [0.15, 0.2) is 6.61 Å². The summed E-state index contributed by atoms with van der Waals surface area (Å²) >= 11 is 0. The maximum Gasteiger partial charge on any atom is 0.309 e. The van der Waals surface area contributed by atoms with Crippen LogP contribution in [-0.4, -0.2) is 35.1 Å². The van der Waals surface area contributed by atoms with Crippen molar-refractivity contribution >= 4 is 11.9 Å². The van der Waals surface area contributed by atoms with E-state index in [1.165, 1.54) is 0 Å². The molecular weight excluding hydrogens is 336 g/mol. The number of carbonyl (C=O) groups is 2. The highest BCUT2D eigenvalue weighted by atomic mass is 16.5. The summed E-state index contributed by atoms with van der Waals surface area (Å²) in [5.41, 5.74) is -0.877. The van der Waals surface area contributed by atoms with Crippen LogP contribution in [0.15, 0.2) is 48.7 Å². The van der Waals surface area contributed by atoms with E-state index in [0.717, 1.165) is 0 Å². The molecule has 0 saturated heterocycles. The number of carboxylic acids is 1. The SMILES string of the molecule is CC(C)(CCNC(=O)COc1ccc(Oc2ccccn2)cc1)C(=O)O. The molecule has 1 aromatic carbocycles. The molecule has 2 N–H and O–H groups in total. The lowest BCUT2D eigenvalue weighted by molar-refractivity contribution is -0.147. The van der Waals surface area contributed by atoms with Crippen LogP contribution in [0.5, 0.6) is 17.4 Å². The second kappa shape index (κ2) is 8.84. The summed E-state index contributed by atoms with van der Waals surface area (Å²) < 4.78 is 11.0. The number of hydrogen-bond acceptors (Lipinski definition) is 5. The predicted octanol–water partition coefficient (Wildman–Crippen LogP) is 2.87. The van der Waals surface area contributed by atoms with Crippen molar-refractivity contribution in [2.45, 2.75) is 20.3 Å². The second-order valence-corrected chi connectivity index (χ2v) is 6.32. The highest BCUT2D eigenvalue weighted by Crippen LogP contribution is 2.22. The number of aliphatic carboxylic acids is 1. The summed E-state index contributed by atoms with van der Waals surface area (Å²) in [5, 5.41) is 11.7. The van der Waals surface area contributed by atoms with E-state index >= 15 is 0 Å². The summed E-state index contributed by atoms with van der Waals surface area (Å²) in [6, 6.07) is 12.2. The lowest BCUT2D eigenvalue weighted by atomic mass is 9.90. The molecule has 0 unspecified atom stereocenters. The van der Waals surface area contributed by atoms with E-state index in [-0.39, 0.29) is 19.1 Å². The summed E-state index contributed by atoms with van der Waals surface area (Å²) in [7, 11) is 0. The number of ether oxygens (including phenoxy) is 2. The number of amides is 1. The number of nitrogens with zero attached hydrogens (tertiary/aromatic N) is 1. The van der Waals surface area contributed by atoms with Gasteiger partial charge in [-0.05, 0) is 50.6 Å². The highest BCUT2D eigenvalue weighted by Gasteiger charge is 2.26. The second-order valence-electron chi connectivity index (χ2n) is 6.32. The molecule has 0 bridgehead atoms. The van der Waals surface area contributed by atoms with Crippen LogP contribution >= 0.6 is 0 Å². The zero-order valence-electron chi connectivity index (χ0n) is 14.8. The van der Waals surface area contributed by atoms with E-state index in [1.54, 1.807) is 56.4 Å². The van der Waals surface area contributed by atoms with Crippen LogP contribution in [0.25, 0.3) is 0 Å². The van der Waals surface area contributed by atoms with Crippen molar-refractivity contribution in [3.8, 4) is 17.4 Å². The molecule has 2 rings (SSSR count). The highest BCUT2D eigenvalue weighted by molar-refractivity contribution is 5.77. The number of pyridine rings is 1. The van der Waals surface area contributed by atoms with Crippen LogP contribution < -0.4 is 14.8 Å². The van der Waals surface area contributed by atoms with Gasteiger partial charge in [0, 0.05) is 18.8 Å². The maximum absolute atomic E-state index is 11.8. The van der Waals surface area contributed by atoms with E-state index in [2.05, 4.69) is 10.3 Å². The number of carbonyl (C=O) groups excluding carboxylic acids is 1. The largest absolute Gasteiger partial charge is 0.484 e. The number of benzene rings is 1. The van der Waals surface area contributed by atoms with Crippen LogP contribution in [0.3, 0.4) is 0 Å². The first-order chi connectivity index (χ1) is 12.4. The van der Waals surface area contributed by atoms with Crippen molar-refractivity contribution in [3.63, 3.8) is 0 Å². The molecule has 0 spiro atoms. The fourth-order valence-electron chi connectivity index (χ4n) is 1.95. The molecule has 0 saturated carbocycles. The summed E-state index contributed by atoms with van der Waals surface area (Å²) in [4.78, 5) is 26.8. The Kier molecular flexibility index (Phi) is 6.54. The topological polar surface area (TPSA) is 97.8 Å². The van der Waals surface area contributed by atoms with E-state index in [0.29, 0.717) is 23.8 Å². The van der Waals surface area contributed by atoms with Crippen LogP contribution in [0.2, 0.25) is 0 Å². The first-order valence-corrected chi connectivity index (χ1v) is 8.19. The van der Waals surface area contributed by atoms with Gasteiger partial charge in [-0.3, -0.25) is 9.59 Å². The average molecular weight is 358 g/mol. The molecular formula is C19H22N2O5. The third kappa shape index (κ3) is 6.08. The molecule has 7 heteroatoms. The minimum Gasteiger partial charge on any atom is -0.484 e. The first kappa shape index (κ1) is 19.2. The monoisotopic (exact) mass is 358 g/mol. The zero-order chi connectivity index (χ0) is 19.0. The molecule has 0 aliphatic carbocycles. The van der Waals surface area contributed by atoms with Crippen molar-refractivity contribution in [1.29, 1.82) is 0 Å². The summed E-state index contributed by atoms with van der Waals surface area (Å²) in [5.74, 6) is 0.427. The normalized spacial score (nSPS) is 10.8. The fraction of sp³-hybridized carbons (Fsp3) is 0.316. The standard InChI is InChI=1S/C19H22N2O5/c1-19(2,18(23)24)10-12-20-16(22)13-25-14-6-8-15(9-7-14)26-17-5-3-4-11-21-17/h3-9,11H,10,12-13H2,1-2H3,(H,20,22)(H,23,24). The predicted molar refractivity (Wildman–Crippen MR) is 95.3 cm³/mol. The number of aromatic nitrogens is 1. The van der Waals surface area contributed by atoms with Crippen LogP contribution in [0.4, 0.5) is 0 Å². The molecule has 0 aliphatic heterocycles. The molecule has 138 valence electrons. The Morgan fingerprint density at radius 1 is 1.12 bits per heavy atom. The van der Waals surface area contributed by atoms with Crippen molar-refractivity contribution in [2.24, 2.45) is 5.41 Å². The van der Waals surface area contributed by atoms with Gasteiger partial charge in [-0.1, -0.05) is 6.07 Å². The molecule has 0 radical (unpaired) electrons. The Labute approximate surface area is 152 Å². The molecule has 0 aliphatic rings. The van der Waals surface area contributed by atoms with E-state index < -0.39 is 11.4 Å². The fourth-order valence-corrected chi connectivity index (χ4v) is 1.95. The molecule has 1 amide bonds. The lowest BCUT2D eigenvalue weighted by Gasteiger charge is -2.18. The Morgan fingerprint density at radius 2 is 1.81 bits per heavy atom. The van der Waals surface area contributed by atoms with Gasteiger partial charge in [-0.15, -0.1) is 0 Å². The number of carboxylic acid groups (broad SMARTS) is 1. The van der Waals surface area contributed by atoms with Crippen molar-refractivity contribution in [3.05, 3.63) is 48.7 Å². The van der Waals surface area contributed by atoms with Crippen LogP contribution in [0.1, 0.15) is 20.3 Å². The first-order valence-electron chi connectivity index (χ1n) is 8.19. The summed E-state index contributed by atoms with van der Waals surface area (Å²) in [6.45, 7) is 3.37. The van der Waals surface area contributed by atoms with Gasteiger partial charge in [0.25, 0.3) is 5.91 Å². The number of hydrogen-bond donors (Lipinski definition) is 2. The Bertz CT molecular complexity index is 729. The van der Waals surface area contributed by atoms with Gasteiger partial charge in [-0.2, -0.15) is 0 Å². The van der Waals surface area contributed by atoms with Gasteiger partial charge < -0.3 is 19.9 Å². The molecule has 26 heavy (non-hydrogen) atoms. The van der Waals surface area contributed by atoms with Gasteiger partial charge >= 0.3 is 5.97 Å². The molecule has 2 aromatic rings. The Hall–Kier alpha value is -3.09. The van der Waals surface area contributed by atoms with Crippen molar-refractivity contribution < 1.29 is 24.2 Å². The van der Waals surface area contributed by atoms with E-state index in [4.69, 9.17) is 14.6 Å². The zero-order valence-corrected chi connectivity index (χ0v) is 14.8. The summed E-state index contributed by atoms with van der Waals surface area (Å²) in [6.07, 6.45) is 1.98. The molecule has 7 nitrogen and oxygen atoms in total. The van der Waals surface area contributed by atoms with E-state index in [1.807, 2.05) is 6.07 Å². The van der Waals surface area contributed by atoms with E-state index in [9.17, 15) is 9.59 Å². The minimum atomic E-state index is -0.893. The van der Waals surface area contributed by atoms with Crippen LogP contribution in [-0.2, 0) is 9.59 Å². The third-order valence-corrected chi connectivity index (χ3v) is 3.70. The van der Waals surface area contributed by atoms with Gasteiger partial charge in [0.1, 0.15) is 11.5 Å². The van der Waals surface area contributed by atoms with Gasteiger partial charge in [0.05, 0.1) is 5.41 Å². The molecule has 1 aromatic heterocycles. The number of nitrogens with one attached hydrogen (secondary N) is 1. The van der Waals surface area contributed by atoms with Gasteiger partial charge in [0.2, 0.25) is 5.88 Å². The number of rotatable bonds is 9. The molecule has 0 fully saturated rings. The average Bonchev–Trinajstić information content (AvgIpc) is 2.62. The lowest BCUT2D eigenvalue weighted by Crippen LogP contribution is -2.34.